The minimum absolute atomic E-state index is 0.291. The van der Waals surface area contributed by atoms with Gasteiger partial charge in [-0.15, -0.1) is 0 Å². The zero-order valence-electron chi connectivity index (χ0n) is 17.6. The molecule has 1 N–H and O–H groups in total. The molecule has 2 aromatic carbocycles. The van der Waals surface area contributed by atoms with Crippen molar-refractivity contribution in [2.45, 2.75) is 44.6 Å². The molecule has 0 radical (unpaired) electrons. The van der Waals surface area contributed by atoms with E-state index < -0.39 is 23.3 Å². The van der Waals surface area contributed by atoms with E-state index in [-0.39, 0.29) is 12.5 Å². The van der Waals surface area contributed by atoms with Crippen LogP contribution in [-0.2, 0) is 21.5 Å². The van der Waals surface area contributed by atoms with Gasteiger partial charge in [0, 0.05) is 12.2 Å². The smallest absolute Gasteiger partial charge is 0.319 e. The first kappa shape index (κ1) is 21.0. The number of carbonyl (C=O) groups excluding carboxylic acids is 3. The molecular formula is C24H26FN3O3. The number of imide groups is 1. The highest BCUT2D eigenvalue weighted by Gasteiger charge is 2.52. The van der Waals surface area contributed by atoms with Gasteiger partial charge >= 0.3 is 6.03 Å². The molecule has 7 heteroatoms. The van der Waals surface area contributed by atoms with Crippen LogP contribution in [0.4, 0.5) is 14.9 Å². The third-order valence-corrected chi connectivity index (χ3v) is 6.12. The molecule has 1 saturated heterocycles. The molecule has 0 unspecified atom stereocenters. The molecule has 0 bridgehead atoms. The normalized spacial score (nSPS) is 20.6. The number of aryl methyl sites for hydroxylation is 1. The molecule has 162 valence electrons. The van der Waals surface area contributed by atoms with Crippen molar-refractivity contribution in [1.82, 2.24) is 10.2 Å². The van der Waals surface area contributed by atoms with Crippen LogP contribution < -0.4 is 10.2 Å². The second kappa shape index (κ2) is 8.49. The molecule has 2 aliphatic rings. The van der Waals surface area contributed by atoms with Gasteiger partial charge in [0.15, 0.2) is 0 Å². The maximum atomic E-state index is 13.5. The van der Waals surface area contributed by atoms with Gasteiger partial charge in [0.2, 0.25) is 5.91 Å². The van der Waals surface area contributed by atoms with Crippen LogP contribution >= 0.6 is 0 Å². The van der Waals surface area contributed by atoms with Crippen molar-refractivity contribution < 1.29 is 18.8 Å². The lowest BCUT2D eigenvalue weighted by Gasteiger charge is -2.31. The van der Waals surface area contributed by atoms with Gasteiger partial charge < -0.3 is 10.2 Å². The Labute approximate surface area is 181 Å². The first-order chi connectivity index (χ1) is 15.0. The second-order valence-corrected chi connectivity index (χ2v) is 8.11. The van der Waals surface area contributed by atoms with Gasteiger partial charge in [-0.05, 0) is 48.6 Å². The summed E-state index contributed by atoms with van der Waals surface area (Å²) in [6.45, 7) is 2.22. The number of rotatable bonds is 6. The molecule has 2 aliphatic heterocycles. The fourth-order valence-corrected chi connectivity index (χ4v) is 4.47. The van der Waals surface area contributed by atoms with Crippen molar-refractivity contribution in [3.8, 4) is 0 Å². The van der Waals surface area contributed by atoms with Crippen molar-refractivity contribution in [1.29, 1.82) is 0 Å². The number of anilines is 1. The van der Waals surface area contributed by atoms with Crippen molar-refractivity contribution in [2.75, 3.05) is 18.0 Å². The Bertz CT molecular complexity index is 1010. The van der Waals surface area contributed by atoms with Gasteiger partial charge in [-0.1, -0.05) is 50.1 Å². The summed E-state index contributed by atoms with van der Waals surface area (Å²) >= 11 is 0. The fraction of sp³-hybridized carbons (Fsp3) is 0.375. The summed E-state index contributed by atoms with van der Waals surface area (Å²) in [4.78, 5) is 42.1. The maximum absolute atomic E-state index is 13.5. The van der Waals surface area contributed by atoms with Crippen molar-refractivity contribution in [3.05, 3.63) is 65.5 Å². The van der Waals surface area contributed by atoms with E-state index in [4.69, 9.17) is 0 Å². The summed E-state index contributed by atoms with van der Waals surface area (Å²) in [7, 11) is 0. The fourth-order valence-electron chi connectivity index (χ4n) is 4.47. The highest BCUT2D eigenvalue weighted by atomic mass is 19.1. The average molecular weight is 423 g/mol. The molecule has 31 heavy (non-hydrogen) atoms. The Kier molecular flexibility index (Phi) is 5.76. The lowest BCUT2D eigenvalue weighted by Crippen LogP contribution is -2.46. The Morgan fingerprint density at radius 1 is 1.13 bits per heavy atom. The van der Waals surface area contributed by atoms with E-state index in [1.165, 1.54) is 24.3 Å². The lowest BCUT2D eigenvalue weighted by atomic mass is 9.85. The van der Waals surface area contributed by atoms with Crippen LogP contribution in [0.3, 0.4) is 0 Å². The van der Waals surface area contributed by atoms with E-state index in [1.54, 1.807) is 4.90 Å². The average Bonchev–Trinajstić information content (AvgIpc) is 3.02. The van der Waals surface area contributed by atoms with E-state index in [2.05, 4.69) is 5.32 Å². The number of hydrogen-bond acceptors (Lipinski definition) is 3. The number of halogens is 1. The molecule has 0 spiro atoms. The number of para-hydroxylation sites is 1. The minimum Gasteiger partial charge on any atom is -0.319 e. The van der Waals surface area contributed by atoms with Gasteiger partial charge in [-0.2, -0.15) is 0 Å². The Hall–Kier alpha value is -3.22. The number of unbranched alkanes of at least 4 members (excludes halogenated alkanes) is 1. The quantitative estimate of drug-likeness (QED) is 0.720. The number of fused-ring (bicyclic) bond motifs is 1. The molecule has 4 rings (SSSR count). The third kappa shape index (κ3) is 3.80. The second-order valence-electron chi connectivity index (χ2n) is 8.11. The largest absolute Gasteiger partial charge is 0.325 e. The van der Waals surface area contributed by atoms with Gasteiger partial charge in [0.25, 0.3) is 5.91 Å². The predicted octanol–water partition coefficient (Wildman–Crippen LogP) is 3.74. The van der Waals surface area contributed by atoms with Crippen LogP contribution in [0.25, 0.3) is 0 Å². The molecule has 2 aromatic rings. The van der Waals surface area contributed by atoms with E-state index in [0.717, 1.165) is 35.4 Å². The summed E-state index contributed by atoms with van der Waals surface area (Å²) in [6.07, 6.45) is 3.64. The number of amides is 4. The van der Waals surface area contributed by atoms with Crippen LogP contribution in [0.5, 0.6) is 0 Å². The monoisotopic (exact) mass is 423 g/mol. The number of hydrogen-bond donors (Lipinski definition) is 1. The SMILES string of the molecule is CCCC[C@]1(c2ccc(F)cc2)NC(=O)N(CC(=O)N2CCCc3ccccc32)C1=O. The van der Waals surface area contributed by atoms with E-state index in [9.17, 15) is 18.8 Å². The molecule has 1 atom stereocenters. The highest BCUT2D eigenvalue weighted by molar-refractivity contribution is 6.10. The topological polar surface area (TPSA) is 69.7 Å². The molecule has 0 aromatic heterocycles. The Morgan fingerprint density at radius 2 is 1.87 bits per heavy atom. The summed E-state index contributed by atoms with van der Waals surface area (Å²) in [6, 6.07) is 12.7. The van der Waals surface area contributed by atoms with Gasteiger partial charge in [0.05, 0.1) is 0 Å². The molecule has 0 aliphatic carbocycles. The van der Waals surface area contributed by atoms with E-state index in [1.807, 2.05) is 31.2 Å². The zero-order valence-corrected chi connectivity index (χ0v) is 17.6. The minimum atomic E-state index is -1.28. The number of nitrogens with zero attached hydrogens (tertiary/aromatic N) is 2. The molecule has 6 nitrogen and oxygen atoms in total. The van der Waals surface area contributed by atoms with Gasteiger partial charge in [-0.3, -0.25) is 14.5 Å². The zero-order chi connectivity index (χ0) is 22.0. The van der Waals surface area contributed by atoms with Crippen LogP contribution in [0.2, 0.25) is 0 Å². The van der Waals surface area contributed by atoms with Crippen LogP contribution in [-0.4, -0.2) is 35.8 Å². The summed E-state index contributed by atoms with van der Waals surface area (Å²) in [5, 5.41) is 2.81. The number of urea groups is 1. The summed E-state index contributed by atoms with van der Waals surface area (Å²) in [5.41, 5.74) is 1.17. The molecule has 4 amide bonds. The third-order valence-electron chi connectivity index (χ3n) is 6.12. The standard InChI is InChI=1S/C24H26FN3O3/c1-2-3-14-24(18-10-12-19(25)13-11-18)22(30)28(23(31)26-24)16-21(29)27-15-6-8-17-7-4-5-9-20(17)27/h4-5,7,9-13H,2-3,6,8,14-16H2,1H3,(H,26,31)/t24-/m1/s1. The van der Waals surface area contributed by atoms with Gasteiger partial charge in [-0.25, -0.2) is 9.18 Å². The number of nitrogens with one attached hydrogen (secondary N) is 1. The molecule has 2 heterocycles. The summed E-state index contributed by atoms with van der Waals surface area (Å²) in [5.74, 6) is -1.17. The predicted molar refractivity (Wildman–Crippen MR) is 115 cm³/mol. The van der Waals surface area contributed by atoms with Crippen LogP contribution in [0, 0.1) is 5.82 Å². The first-order valence-corrected chi connectivity index (χ1v) is 10.7. The van der Waals surface area contributed by atoms with Gasteiger partial charge in [0.1, 0.15) is 17.9 Å². The number of benzene rings is 2. The molecular weight excluding hydrogens is 397 g/mol. The van der Waals surface area contributed by atoms with Crippen molar-refractivity contribution in [2.24, 2.45) is 0 Å². The van der Waals surface area contributed by atoms with Crippen LogP contribution in [0.15, 0.2) is 48.5 Å². The van der Waals surface area contributed by atoms with E-state index in [0.29, 0.717) is 24.9 Å². The van der Waals surface area contributed by atoms with Crippen LogP contribution in [0.1, 0.15) is 43.7 Å². The lowest BCUT2D eigenvalue weighted by molar-refractivity contribution is -0.135. The van der Waals surface area contributed by atoms with Crippen molar-refractivity contribution in [3.63, 3.8) is 0 Å². The first-order valence-electron chi connectivity index (χ1n) is 10.7. The highest BCUT2D eigenvalue weighted by Crippen LogP contribution is 2.35. The molecule has 0 saturated carbocycles. The summed E-state index contributed by atoms with van der Waals surface area (Å²) < 4.78 is 13.5. The number of carbonyl (C=O) groups is 3. The van der Waals surface area contributed by atoms with Crippen molar-refractivity contribution >= 4 is 23.5 Å². The van der Waals surface area contributed by atoms with E-state index >= 15 is 0 Å². The molecule has 1 fully saturated rings. The Balaban J connectivity index is 1.60. The maximum Gasteiger partial charge on any atom is 0.325 e. The Morgan fingerprint density at radius 3 is 2.61 bits per heavy atom.